The standard InChI is InChI=1S/C13H18ClNO3/c1-3-10(16)6-7-15-13(17)11-8-9(14)4-5-12(11)18-2/h4-5,8,10,16H,3,6-7H2,1-2H3,(H,15,17). The number of amides is 1. The molecule has 18 heavy (non-hydrogen) atoms. The predicted octanol–water partition coefficient (Wildman–Crippen LogP) is 2.24. The van der Waals surface area contributed by atoms with E-state index in [1.165, 1.54) is 7.11 Å². The first kappa shape index (κ1) is 14.8. The van der Waals surface area contributed by atoms with Crippen LogP contribution in [-0.2, 0) is 0 Å². The lowest BCUT2D eigenvalue weighted by Gasteiger charge is -2.11. The summed E-state index contributed by atoms with van der Waals surface area (Å²) in [5.74, 6) is 0.227. The van der Waals surface area contributed by atoms with Gasteiger partial charge in [-0.15, -0.1) is 0 Å². The van der Waals surface area contributed by atoms with Crippen LogP contribution in [0.4, 0.5) is 0 Å². The highest BCUT2D eigenvalue weighted by Gasteiger charge is 2.12. The third kappa shape index (κ3) is 4.20. The highest BCUT2D eigenvalue weighted by molar-refractivity contribution is 6.31. The molecule has 0 spiro atoms. The van der Waals surface area contributed by atoms with Crippen molar-refractivity contribution in [2.24, 2.45) is 0 Å². The van der Waals surface area contributed by atoms with Crippen molar-refractivity contribution in [3.05, 3.63) is 28.8 Å². The molecule has 0 bridgehead atoms. The lowest BCUT2D eigenvalue weighted by molar-refractivity contribution is 0.0939. The zero-order valence-corrected chi connectivity index (χ0v) is 11.3. The van der Waals surface area contributed by atoms with Gasteiger partial charge in [0.2, 0.25) is 0 Å². The summed E-state index contributed by atoms with van der Waals surface area (Å²) >= 11 is 5.85. The number of carbonyl (C=O) groups is 1. The molecule has 0 aliphatic carbocycles. The van der Waals surface area contributed by atoms with Gasteiger partial charge >= 0.3 is 0 Å². The second-order valence-corrected chi connectivity index (χ2v) is 4.39. The van der Waals surface area contributed by atoms with E-state index in [0.29, 0.717) is 35.7 Å². The van der Waals surface area contributed by atoms with Crippen molar-refractivity contribution in [3.8, 4) is 5.75 Å². The van der Waals surface area contributed by atoms with Crippen molar-refractivity contribution in [1.82, 2.24) is 5.32 Å². The van der Waals surface area contributed by atoms with Gasteiger partial charge in [-0.1, -0.05) is 18.5 Å². The van der Waals surface area contributed by atoms with Gasteiger partial charge in [0.25, 0.3) is 5.91 Å². The van der Waals surface area contributed by atoms with Crippen LogP contribution in [0.25, 0.3) is 0 Å². The number of benzene rings is 1. The van der Waals surface area contributed by atoms with E-state index in [9.17, 15) is 9.90 Å². The third-order valence-corrected chi connectivity index (χ3v) is 2.88. The Kier molecular flexibility index (Phi) is 5.95. The fraction of sp³-hybridized carbons (Fsp3) is 0.462. The van der Waals surface area contributed by atoms with Crippen molar-refractivity contribution in [2.45, 2.75) is 25.9 Å². The molecule has 0 fully saturated rings. The second kappa shape index (κ2) is 7.24. The number of hydrogen-bond donors (Lipinski definition) is 2. The fourth-order valence-corrected chi connectivity index (χ4v) is 1.68. The molecule has 2 N–H and O–H groups in total. The first-order chi connectivity index (χ1) is 8.58. The molecule has 1 unspecified atom stereocenters. The van der Waals surface area contributed by atoms with Gasteiger partial charge in [-0.05, 0) is 31.0 Å². The SMILES string of the molecule is CCC(O)CCNC(=O)c1cc(Cl)ccc1OC. The van der Waals surface area contributed by atoms with Crippen LogP contribution in [0.3, 0.4) is 0 Å². The number of aliphatic hydroxyl groups is 1. The number of ether oxygens (including phenoxy) is 1. The Morgan fingerprint density at radius 1 is 1.56 bits per heavy atom. The summed E-state index contributed by atoms with van der Waals surface area (Å²) < 4.78 is 5.10. The highest BCUT2D eigenvalue weighted by Crippen LogP contribution is 2.22. The lowest BCUT2D eigenvalue weighted by atomic mass is 10.1. The molecule has 4 nitrogen and oxygen atoms in total. The molecule has 0 saturated heterocycles. The van der Waals surface area contributed by atoms with Crippen LogP contribution in [0.5, 0.6) is 5.75 Å². The molecule has 0 radical (unpaired) electrons. The summed E-state index contributed by atoms with van der Waals surface area (Å²) in [5.41, 5.74) is 0.399. The predicted molar refractivity (Wildman–Crippen MR) is 71.3 cm³/mol. The monoisotopic (exact) mass is 271 g/mol. The van der Waals surface area contributed by atoms with Crippen LogP contribution < -0.4 is 10.1 Å². The Hall–Kier alpha value is -1.26. The summed E-state index contributed by atoms with van der Waals surface area (Å²) in [4.78, 5) is 11.9. The number of aliphatic hydroxyl groups excluding tert-OH is 1. The number of carbonyl (C=O) groups excluding carboxylic acids is 1. The molecule has 1 amide bonds. The molecule has 0 heterocycles. The summed E-state index contributed by atoms with van der Waals surface area (Å²) in [7, 11) is 1.50. The molecule has 5 heteroatoms. The normalized spacial score (nSPS) is 12.0. The van der Waals surface area contributed by atoms with Crippen LogP contribution in [0.2, 0.25) is 5.02 Å². The highest BCUT2D eigenvalue weighted by atomic mass is 35.5. The quantitative estimate of drug-likeness (QED) is 0.834. The molecule has 1 aromatic carbocycles. The number of methoxy groups -OCH3 is 1. The molecular formula is C13H18ClNO3. The van der Waals surface area contributed by atoms with E-state index in [1.807, 2.05) is 6.92 Å². The Morgan fingerprint density at radius 2 is 2.28 bits per heavy atom. The van der Waals surface area contributed by atoms with Crippen molar-refractivity contribution in [1.29, 1.82) is 0 Å². The molecule has 100 valence electrons. The molecule has 1 rings (SSSR count). The maximum atomic E-state index is 11.9. The van der Waals surface area contributed by atoms with E-state index >= 15 is 0 Å². The molecule has 0 aliphatic rings. The van der Waals surface area contributed by atoms with Crippen LogP contribution >= 0.6 is 11.6 Å². The van der Waals surface area contributed by atoms with Gasteiger partial charge in [-0.3, -0.25) is 4.79 Å². The van der Waals surface area contributed by atoms with Gasteiger partial charge in [-0.2, -0.15) is 0 Å². The smallest absolute Gasteiger partial charge is 0.255 e. The van der Waals surface area contributed by atoms with Crippen molar-refractivity contribution >= 4 is 17.5 Å². The van der Waals surface area contributed by atoms with E-state index in [2.05, 4.69) is 5.32 Å². The van der Waals surface area contributed by atoms with Gasteiger partial charge in [0.1, 0.15) is 5.75 Å². The van der Waals surface area contributed by atoms with Gasteiger partial charge < -0.3 is 15.2 Å². The van der Waals surface area contributed by atoms with Gasteiger partial charge in [0.05, 0.1) is 18.8 Å². The van der Waals surface area contributed by atoms with Gasteiger partial charge in [-0.25, -0.2) is 0 Å². The largest absolute Gasteiger partial charge is 0.496 e. The Labute approximate surface area is 112 Å². The molecule has 1 atom stereocenters. The zero-order chi connectivity index (χ0) is 13.5. The second-order valence-electron chi connectivity index (χ2n) is 3.95. The molecule has 0 aromatic heterocycles. The molecule has 1 aromatic rings. The van der Waals surface area contributed by atoms with E-state index in [4.69, 9.17) is 16.3 Å². The lowest BCUT2D eigenvalue weighted by Crippen LogP contribution is -2.27. The van der Waals surface area contributed by atoms with E-state index in [0.717, 1.165) is 0 Å². The van der Waals surface area contributed by atoms with Crippen molar-refractivity contribution in [3.63, 3.8) is 0 Å². The minimum Gasteiger partial charge on any atom is -0.496 e. The third-order valence-electron chi connectivity index (χ3n) is 2.64. The van der Waals surface area contributed by atoms with E-state index < -0.39 is 0 Å². The van der Waals surface area contributed by atoms with Crippen LogP contribution in [0.1, 0.15) is 30.1 Å². The minimum absolute atomic E-state index is 0.252. The number of nitrogens with one attached hydrogen (secondary N) is 1. The number of rotatable bonds is 6. The summed E-state index contributed by atoms with van der Waals surface area (Å²) in [6.45, 7) is 2.32. The topological polar surface area (TPSA) is 58.6 Å². The summed E-state index contributed by atoms with van der Waals surface area (Å²) in [5, 5.41) is 12.6. The van der Waals surface area contributed by atoms with Crippen LogP contribution in [-0.4, -0.2) is 30.8 Å². The molecular weight excluding hydrogens is 254 g/mol. The maximum absolute atomic E-state index is 11.9. The Morgan fingerprint density at radius 3 is 2.89 bits per heavy atom. The van der Waals surface area contributed by atoms with E-state index in [1.54, 1.807) is 18.2 Å². The summed E-state index contributed by atoms with van der Waals surface area (Å²) in [6, 6.07) is 4.88. The average molecular weight is 272 g/mol. The van der Waals surface area contributed by atoms with Crippen LogP contribution in [0.15, 0.2) is 18.2 Å². The average Bonchev–Trinajstić information content (AvgIpc) is 2.38. The van der Waals surface area contributed by atoms with Crippen molar-refractivity contribution < 1.29 is 14.6 Å². The molecule has 0 saturated carbocycles. The Balaban J connectivity index is 2.63. The number of halogens is 1. The Bertz CT molecular complexity index is 409. The van der Waals surface area contributed by atoms with Crippen molar-refractivity contribution in [2.75, 3.05) is 13.7 Å². The maximum Gasteiger partial charge on any atom is 0.255 e. The first-order valence-electron chi connectivity index (χ1n) is 5.88. The van der Waals surface area contributed by atoms with Gasteiger partial charge in [0.15, 0.2) is 0 Å². The van der Waals surface area contributed by atoms with E-state index in [-0.39, 0.29) is 12.0 Å². The first-order valence-corrected chi connectivity index (χ1v) is 6.26. The molecule has 0 aliphatic heterocycles. The fourth-order valence-electron chi connectivity index (χ4n) is 1.51. The van der Waals surface area contributed by atoms with Gasteiger partial charge in [0, 0.05) is 11.6 Å². The number of hydrogen-bond acceptors (Lipinski definition) is 3. The minimum atomic E-state index is -0.383. The van der Waals surface area contributed by atoms with Crippen LogP contribution in [0, 0.1) is 0 Å². The summed E-state index contributed by atoms with van der Waals surface area (Å²) in [6.07, 6.45) is 0.827. The zero-order valence-electron chi connectivity index (χ0n) is 10.6.